The molecule has 2 N–H and O–H groups in total. The average Bonchev–Trinajstić information content (AvgIpc) is 2.51. The Kier molecular flexibility index (Phi) is 4.21. The van der Waals surface area contributed by atoms with Gasteiger partial charge in [-0.3, -0.25) is 9.59 Å². The highest BCUT2D eigenvalue weighted by Gasteiger charge is 2.50. The van der Waals surface area contributed by atoms with E-state index in [4.69, 9.17) is 0 Å². The van der Waals surface area contributed by atoms with Crippen molar-refractivity contribution in [3.63, 3.8) is 0 Å². The van der Waals surface area contributed by atoms with Crippen LogP contribution in [0, 0.1) is 16.7 Å². The van der Waals surface area contributed by atoms with E-state index < -0.39 is 23.1 Å². The minimum atomic E-state index is -0.688. The second-order valence-electron chi connectivity index (χ2n) is 8.84. The molecule has 0 heterocycles. The molecule has 0 saturated heterocycles. The lowest BCUT2D eigenvalue weighted by molar-refractivity contribution is -0.119. The third-order valence-electron chi connectivity index (χ3n) is 6.89. The highest BCUT2D eigenvalue weighted by Crippen LogP contribution is 2.60. The third-order valence-corrected chi connectivity index (χ3v) is 6.89. The number of allylic oxidation sites excluding steroid dienone is 4. The van der Waals surface area contributed by atoms with Crippen molar-refractivity contribution >= 4 is 11.6 Å². The number of carbonyl (C=O) groups is 2. The first kappa shape index (κ1) is 18.0. The van der Waals surface area contributed by atoms with Crippen LogP contribution in [0.1, 0.15) is 66.2 Å². The molecule has 0 aromatic carbocycles. The van der Waals surface area contributed by atoms with Crippen molar-refractivity contribution in [1.29, 1.82) is 0 Å². The Bertz CT molecular complexity index is 735. The fourth-order valence-electron chi connectivity index (χ4n) is 5.55. The largest absolute Gasteiger partial charge is 0.504 e. The number of Topliss-reactive ketones (excluding diaryl/α,β-unsaturated/α-hetero) is 1. The fraction of sp³-hybridized carbons (Fsp3) is 0.619. The van der Waals surface area contributed by atoms with Crippen LogP contribution in [0.4, 0.5) is 0 Å². The van der Waals surface area contributed by atoms with Gasteiger partial charge < -0.3 is 10.2 Å². The minimum Gasteiger partial charge on any atom is -0.504 e. The van der Waals surface area contributed by atoms with Crippen LogP contribution >= 0.6 is 0 Å². The fourth-order valence-corrected chi connectivity index (χ4v) is 5.55. The second kappa shape index (κ2) is 5.86. The first-order valence-electron chi connectivity index (χ1n) is 9.19. The molecular weight excluding hydrogens is 316 g/mol. The van der Waals surface area contributed by atoms with Gasteiger partial charge in [-0.1, -0.05) is 38.3 Å². The van der Waals surface area contributed by atoms with Crippen molar-refractivity contribution in [2.75, 3.05) is 0 Å². The molecule has 4 heteroatoms. The minimum absolute atomic E-state index is 0.0303. The molecule has 4 nitrogen and oxygen atoms in total. The average molecular weight is 344 g/mol. The zero-order valence-corrected chi connectivity index (χ0v) is 15.6. The van der Waals surface area contributed by atoms with Gasteiger partial charge in [-0.05, 0) is 49.4 Å². The summed E-state index contributed by atoms with van der Waals surface area (Å²) in [5.74, 6) is -1.87. The van der Waals surface area contributed by atoms with Crippen molar-refractivity contribution in [1.82, 2.24) is 0 Å². The van der Waals surface area contributed by atoms with E-state index in [0.29, 0.717) is 5.92 Å². The van der Waals surface area contributed by atoms with Crippen LogP contribution in [0.25, 0.3) is 0 Å². The van der Waals surface area contributed by atoms with Gasteiger partial charge >= 0.3 is 0 Å². The molecule has 136 valence electrons. The molecule has 25 heavy (non-hydrogen) atoms. The van der Waals surface area contributed by atoms with Gasteiger partial charge in [-0.2, -0.15) is 0 Å². The number of hydrogen-bond acceptors (Lipinski definition) is 4. The maximum absolute atomic E-state index is 12.3. The van der Waals surface area contributed by atoms with E-state index in [0.717, 1.165) is 31.8 Å². The number of hydrogen-bond donors (Lipinski definition) is 2. The van der Waals surface area contributed by atoms with Gasteiger partial charge in [0.2, 0.25) is 11.6 Å². The van der Waals surface area contributed by atoms with Gasteiger partial charge in [-0.15, -0.1) is 0 Å². The lowest BCUT2D eigenvalue weighted by Crippen LogP contribution is -2.45. The maximum Gasteiger partial charge on any atom is 0.227 e. The van der Waals surface area contributed by atoms with E-state index in [-0.39, 0.29) is 22.8 Å². The molecule has 1 saturated carbocycles. The molecule has 3 aliphatic carbocycles. The van der Waals surface area contributed by atoms with Crippen LogP contribution in [-0.2, 0) is 9.59 Å². The summed E-state index contributed by atoms with van der Waals surface area (Å²) in [4.78, 5) is 24.2. The molecule has 1 fully saturated rings. The van der Waals surface area contributed by atoms with Gasteiger partial charge in [0, 0.05) is 12.5 Å². The van der Waals surface area contributed by atoms with Crippen molar-refractivity contribution in [3.8, 4) is 0 Å². The van der Waals surface area contributed by atoms with Crippen molar-refractivity contribution in [2.45, 2.75) is 66.2 Å². The topological polar surface area (TPSA) is 74.6 Å². The highest BCUT2D eigenvalue weighted by molar-refractivity contribution is 6.20. The van der Waals surface area contributed by atoms with Crippen molar-refractivity contribution in [2.24, 2.45) is 16.7 Å². The number of ketones is 2. The SMILES string of the molecule is CC1=C(CC2=C(O)C(=O)C=C(O)C2=O)[C@@]2(C)CCCC(C)(C)[C@@H]2CC1. The van der Waals surface area contributed by atoms with Crippen LogP contribution in [-0.4, -0.2) is 21.8 Å². The highest BCUT2D eigenvalue weighted by atomic mass is 16.3. The molecule has 3 aliphatic rings. The number of carbonyl (C=O) groups excluding carboxylic acids is 2. The number of fused-ring (bicyclic) bond motifs is 1. The monoisotopic (exact) mass is 344 g/mol. The number of aliphatic hydroxyl groups excluding tert-OH is 2. The van der Waals surface area contributed by atoms with Gasteiger partial charge in [0.25, 0.3) is 0 Å². The van der Waals surface area contributed by atoms with Gasteiger partial charge in [-0.25, -0.2) is 0 Å². The lowest BCUT2D eigenvalue weighted by Gasteiger charge is -2.55. The predicted octanol–water partition coefficient (Wildman–Crippen LogP) is 4.73. The van der Waals surface area contributed by atoms with Crippen molar-refractivity contribution in [3.05, 3.63) is 34.3 Å². The smallest absolute Gasteiger partial charge is 0.227 e. The standard InChI is InChI=1S/C21H28O4/c1-12-6-7-17-20(2,3)8-5-9-21(17,4)14(12)10-13-18(24)15(22)11-16(23)19(13)25/h11,17,22,25H,5-10H2,1-4H3/t17-,21+/m0/s1. The van der Waals surface area contributed by atoms with Crippen molar-refractivity contribution < 1.29 is 19.8 Å². The molecule has 0 unspecified atom stereocenters. The Labute approximate surface area is 149 Å². The zero-order valence-electron chi connectivity index (χ0n) is 15.6. The summed E-state index contributed by atoms with van der Waals surface area (Å²) in [6.45, 7) is 9.03. The molecule has 0 amide bonds. The summed E-state index contributed by atoms with van der Waals surface area (Å²) in [5.41, 5.74) is 2.69. The normalized spacial score (nSPS) is 32.6. The first-order valence-corrected chi connectivity index (χ1v) is 9.19. The molecule has 0 aromatic rings. The van der Waals surface area contributed by atoms with Gasteiger partial charge in [0.1, 0.15) is 0 Å². The van der Waals surface area contributed by atoms with E-state index in [1.807, 2.05) is 0 Å². The maximum atomic E-state index is 12.3. The summed E-state index contributed by atoms with van der Waals surface area (Å²) >= 11 is 0. The molecule has 0 aliphatic heterocycles. The van der Waals surface area contributed by atoms with E-state index >= 15 is 0 Å². The Balaban J connectivity index is 2.02. The van der Waals surface area contributed by atoms with Crippen LogP contribution < -0.4 is 0 Å². The zero-order chi connectivity index (χ0) is 18.6. The summed E-state index contributed by atoms with van der Waals surface area (Å²) in [6, 6.07) is 0. The van der Waals surface area contributed by atoms with E-state index in [9.17, 15) is 19.8 Å². The van der Waals surface area contributed by atoms with Crippen LogP contribution in [0.15, 0.2) is 34.3 Å². The quantitative estimate of drug-likeness (QED) is 0.561. The molecule has 0 spiro atoms. The number of aliphatic hydroxyl groups is 2. The van der Waals surface area contributed by atoms with Crippen LogP contribution in [0.5, 0.6) is 0 Å². The van der Waals surface area contributed by atoms with Gasteiger partial charge in [0.15, 0.2) is 11.5 Å². The molecule has 0 bridgehead atoms. The lowest BCUT2D eigenvalue weighted by atomic mass is 9.49. The molecule has 0 aromatic heterocycles. The second-order valence-corrected chi connectivity index (χ2v) is 8.84. The number of rotatable bonds is 2. The molecule has 0 radical (unpaired) electrons. The van der Waals surface area contributed by atoms with E-state index in [1.54, 1.807) is 0 Å². The Morgan fingerprint density at radius 3 is 2.52 bits per heavy atom. The molecular formula is C21H28O4. The van der Waals surface area contributed by atoms with Crippen LogP contribution in [0.3, 0.4) is 0 Å². The summed E-state index contributed by atoms with van der Waals surface area (Å²) in [7, 11) is 0. The molecule has 2 atom stereocenters. The van der Waals surface area contributed by atoms with E-state index in [1.165, 1.54) is 17.6 Å². The summed E-state index contributed by atoms with van der Waals surface area (Å²) in [6.07, 6.45) is 6.58. The summed E-state index contributed by atoms with van der Waals surface area (Å²) < 4.78 is 0. The van der Waals surface area contributed by atoms with E-state index in [2.05, 4.69) is 27.7 Å². The van der Waals surface area contributed by atoms with Crippen LogP contribution in [0.2, 0.25) is 0 Å². The molecule has 3 rings (SSSR count). The first-order chi connectivity index (χ1) is 11.6. The van der Waals surface area contributed by atoms with Gasteiger partial charge in [0.05, 0.1) is 5.57 Å². The predicted molar refractivity (Wildman–Crippen MR) is 96.2 cm³/mol. The third kappa shape index (κ3) is 2.76. The Morgan fingerprint density at radius 1 is 1.16 bits per heavy atom. The summed E-state index contributed by atoms with van der Waals surface area (Å²) in [5, 5.41) is 19.9. The Hall–Kier alpha value is -1.84. The Morgan fingerprint density at radius 2 is 1.84 bits per heavy atom.